The second kappa shape index (κ2) is 4.98. The summed E-state index contributed by atoms with van der Waals surface area (Å²) in [6.07, 6.45) is 0. The van der Waals surface area contributed by atoms with Gasteiger partial charge in [0.2, 0.25) is 0 Å². The van der Waals surface area contributed by atoms with E-state index in [0.717, 1.165) is 10.0 Å². The molecule has 86 valence electrons. The van der Waals surface area contributed by atoms with E-state index >= 15 is 0 Å². The summed E-state index contributed by atoms with van der Waals surface area (Å²) in [5, 5.41) is 11.0. The van der Waals surface area contributed by atoms with Crippen LogP contribution in [0.4, 0.5) is 5.69 Å². The Morgan fingerprint density at radius 1 is 0.941 bits per heavy atom. The fourth-order valence-corrected chi connectivity index (χ4v) is 2.14. The first-order valence-corrected chi connectivity index (χ1v) is 6.36. The van der Waals surface area contributed by atoms with E-state index in [-0.39, 0.29) is 10.6 Å². The Morgan fingerprint density at radius 3 is 2.12 bits per heavy atom. The third-order valence-electron chi connectivity index (χ3n) is 2.31. The van der Waals surface area contributed by atoms with E-state index in [9.17, 15) is 10.1 Å². The zero-order valence-electron chi connectivity index (χ0n) is 8.56. The van der Waals surface area contributed by atoms with Crippen molar-refractivity contribution in [3.05, 3.63) is 61.5 Å². The molecule has 0 saturated carbocycles. The Morgan fingerprint density at radius 2 is 1.53 bits per heavy atom. The molecule has 0 saturated heterocycles. The van der Waals surface area contributed by atoms with Gasteiger partial charge >= 0.3 is 0 Å². The second-order valence-corrected chi connectivity index (χ2v) is 5.26. The topological polar surface area (TPSA) is 43.1 Å². The molecule has 0 unspecified atom stereocenters. The molecule has 0 aliphatic heterocycles. The first kappa shape index (κ1) is 12.3. The van der Waals surface area contributed by atoms with Crippen molar-refractivity contribution >= 4 is 37.5 Å². The van der Waals surface area contributed by atoms with Crippen LogP contribution >= 0.6 is 31.9 Å². The standard InChI is InChI=1S/C12H7Br2NO2/c13-9-3-1-8(2-4-9)11-6-5-10(14)7-12(11)15(16)17/h1-7H. The maximum atomic E-state index is 11.0. The van der Waals surface area contributed by atoms with Crippen LogP contribution in [0.25, 0.3) is 11.1 Å². The zero-order valence-corrected chi connectivity index (χ0v) is 11.7. The van der Waals surface area contributed by atoms with E-state index in [2.05, 4.69) is 31.9 Å². The first-order valence-electron chi connectivity index (χ1n) is 4.78. The van der Waals surface area contributed by atoms with E-state index in [1.54, 1.807) is 12.1 Å². The van der Waals surface area contributed by atoms with Crippen LogP contribution in [0.2, 0.25) is 0 Å². The van der Waals surface area contributed by atoms with Gasteiger partial charge in [0.15, 0.2) is 0 Å². The van der Waals surface area contributed by atoms with Crippen molar-refractivity contribution in [1.29, 1.82) is 0 Å². The van der Waals surface area contributed by atoms with Crippen molar-refractivity contribution < 1.29 is 4.92 Å². The molecule has 0 aliphatic rings. The highest BCUT2D eigenvalue weighted by atomic mass is 79.9. The van der Waals surface area contributed by atoms with Crippen LogP contribution in [0, 0.1) is 10.1 Å². The molecule has 3 nitrogen and oxygen atoms in total. The van der Waals surface area contributed by atoms with Crippen LogP contribution in [0.1, 0.15) is 0 Å². The quantitative estimate of drug-likeness (QED) is 0.573. The molecule has 0 spiro atoms. The predicted octanol–water partition coefficient (Wildman–Crippen LogP) is 4.79. The van der Waals surface area contributed by atoms with Gasteiger partial charge in [-0.05, 0) is 29.8 Å². The Balaban J connectivity index is 2.58. The Labute approximate surface area is 115 Å². The zero-order chi connectivity index (χ0) is 12.4. The monoisotopic (exact) mass is 355 g/mol. The molecule has 5 heteroatoms. The molecular formula is C12H7Br2NO2. The lowest BCUT2D eigenvalue weighted by Crippen LogP contribution is -1.91. The number of benzene rings is 2. The highest BCUT2D eigenvalue weighted by molar-refractivity contribution is 9.10. The summed E-state index contributed by atoms with van der Waals surface area (Å²) in [6, 6.07) is 12.5. The number of nitrogens with zero attached hydrogens (tertiary/aromatic N) is 1. The van der Waals surface area contributed by atoms with Gasteiger partial charge in [0.1, 0.15) is 0 Å². The SMILES string of the molecule is O=[N+]([O-])c1cc(Br)ccc1-c1ccc(Br)cc1. The van der Waals surface area contributed by atoms with Gasteiger partial charge in [0.05, 0.1) is 10.5 Å². The van der Waals surface area contributed by atoms with E-state index in [1.807, 2.05) is 24.3 Å². The van der Waals surface area contributed by atoms with E-state index < -0.39 is 0 Å². The van der Waals surface area contributed by atoms with Gasteiger partial charge in [-0.25, -0.2) is 0 Å². The maximum absolute atomic E-state index is 11.0. The minimum atomic E-state index is -0.373. The summed E-state index contributed by atoms with van der Waals surface area (Å²) in [5.41, 5.74) is 1.54. The Bertz CT molecular complexity index is 567. The average Bonchev–Trinajstić information content (AvgIpc) is 2.30. The summed E-state index contributed by atoms with van der Waals surface area (Å²) in [6.45, 7) is 0. The fourth-order valence-electron chi connectivity index (χ4n) is 1.53. The van der Waals surface area contributed by atoms with Crippen molar-refractivity contribution in [3.8, 4) is 11.1 Å². The van der Waals surface area contributed by atoms with E-state index in [1.165, 1.54) is 6.07 Å². The van der Waals surface area contributed by atoms with Crippen molar-refractivity contribution in [2.45, 2.75) is 0 Å². The molecular weight excluding hydrogens is 350 g/mol. The first-order chi connectivity index (χ1) is 8.08. The Hall–Kier alpha value is -1.20. The smallest absolute Gasteiger partial charge is 0.258 e. The molecule has 0 aliphatic carbocycles. The van der Waals surface area contributed by atoms with Gasteiger partial charge < -0.3 is 0 Å². The van der Waals surface area contributed by atoms with Crippen LogP contribution in [-0.2, 0) is 0 Å². The van der Waals surface area contributed by atoms with Crippen LogP contribution < -0.4 is 0 Å². The molecule has 0 N–H and O–H groups in total. The maximum Gasteiger partial charge on any atom is 0.278 e. The molecule has 0 bridgehead atoms. The molecule has 0 fully saturated rings. The lowest BCUT2D eigenvalue weighted by molar-refractivity contribution is -0.384. The molecule has 0 heterocycles. The van der Waals surface area contributed by atoms with E-state index in [0.29, 0.717) is 10.0 Å². The van der Waals surface area contributed by atoms with Crippen LogP contribution in [0.15, 0.2) is 51.4 Å². The summed E-state index contributed by atoms with van der Waals surface area (Å²) in [5.74, 6) is 0. The van der Waals surface area contributed by atoms with Crippen molar-refractivity contribution in [3.63, 3.8) is 0 Å². The minimum absolute atomic E-state index is 0.0988. The van der Waals surface area contributed by atoms with Crippen LogP contribution in [-0.4, -0.2) is 4.92 Å². The van der Waals surface area contributed by atoms with Crippen LogP contribution in [0.5, 0.6) is 0 Å². The van der Waals surface area contributed by atoms with Crippen molar-refractivity contribution in [2.24, 2.45) is 0 Å². The molecule has 2 aromatic carbocycles. The summed E-state index contributed by atoms with van der Waals surface area (Å²) >= 11 is 6.57. The lowest BCUT2D eigenvalue weighted by Gasteiger charge is -2.04. The summed E-state index contributed by atoms with van der Waals surface area (Å²) in [7, 11) is 0. The van der Waals surface area contributed by atoms with Crippen LogP contribution in [0.3, 0.4) is 0 Å². The van der Waals surface area contributed by atoms with Gasteiger partial charge in [-0.3, -0.25) is 10.1 Å². The van der Waals surface area contributed by atoms with Gasteiger partial charge in [0.25, 0.3) is 5.69 Å². The average molecular weight is 357 g/mol. The predicted molar refractivity (Wildman–Crippen MR) is 73.9 cm³/mol. The molecule has 0 atom stereocenters. The molecule has 0 aromatic heterocycles. The second-order valence-electron chi connectivity index (χ2n) is 3.43. The third kappa shape index (κ3) is 2.73. The van der Waals surface area contributed by atoms with Gasteiger partial charge in [-0.2, -0.15) is 0 Å². The largest absolute Gasteiger partial charge is 0.278 e. The lowest BCUT2D eigenvalue weighted by atomic mass is 10.0. The number of nitro groups is 1. The number of halogens is 2. The van der Waals surface area contributed by atoms with Gasteiger partial charge in [-0.15, -0.1) is 0 Å². The fraction of sp³-hybridized carbons (Fsp3) is 0. The van der Waals surface area contributed by atoms with Crippen molar-refractivity contribution in [2.75, 3.05) is 0 Å². The molecule has 2 aromatic rings. The number of hydrogen-bond donors (Lipinski definition) is 0. The molecule has 2 rings (SSSR count). The number of hydrogen-bond acceptors (Lipinski definition) is 2. The molecule has 0 radical (unpaired) electrons. The molecule has 17 heavy (non-hydrogen) atoms. The van der Waals surface area contributed by atoms with E-state index in [4.69, 9.17) is 0 Å². The third-order valence-corrected chi connectivity index (χ3v) is 3.33. The minimum Gasteiger partial charge on any atom is -0.258 e. The van der Waals surface area contributed by atoms with Gasteiger partial charge in [0, 0.05) is 15.0 Å². The Kier molecular flexibility index (Phi) is 3.59. The van der Waals surface area contributed by atoms with Crippen molar-refractivity contribution in [1.82, 2.24) is 0 Å². The van der Waals surface area contributed by atoms with Gasteiger partial charge in [-0.1, -0.05) is 44.0 Å². The number of nitro benzene ring substituents is 1. The highest BCUT2D eigenvalue weighted by Gasteiger charge is 2.15. The molecule has 0 amide bonds. The summed E-state index contributed by atoms with van der Waals surface area (Å²) < 4.78 is 1.64. The number of rotatable bonds is 2. The normalized spacial score (nSPS) is 10.2. The summed E-state index contributed by atoms with van der Waals surface area (Å²) in [4.78, 5) is 10.6. The highest BCUT2D eigenvalue weighted by Crippen LogP contribution is 2.32.